The van der Waals surface area contributed by atoms with Crippen LogP contribution in [0.5, 0.6) is 0 Å². The second kappa shape index (κ2) is 10.8. The molecule has 0 saturated heterocycles. The smallest absolute Gasteiger partial charge is 0.326 e. The number of carbonyl (C=O) groups is 3. The summed E-state index contributed by atoms with van der Waals surface area (Å²) in [5.74, 6) is -2.18. The van der Waals surface area contributed by atoms with Crippen molar-refractivity contribution in [3.8, 4) is 22.7 Å². The van der Waals surface area contributed by atoms with Crippen molar-refractivity contribution < 1.29 is 23.9 Å². The fourth-order valence-electron chi connectivity index (χ4n) is 3.39. The van der Waals surface area contributed by atoms with E-state index in [9.17, 15) is 19.5 Å². The number of carboxylic acid groups (broad SMARTS) is 1. The van der Waals surface area contributed by atoms with Crippen LogP contribution in [0.15, 0.2) is 40.9 Å². The van der Waals surface area contributed by atoms with E-state index < -0.39 is 17.9 Å². The number of aromatic nitrogens is 3. The molecule has 10 nitrogen and oxygen atoms in total. The molecule has 0 bridgehead atoms. The highest BCUT2D eigenvalue weighted by molar-refractivity contribution is 5.95. The summed E-state index contributed by atoms with van der Waals surface area (Å²) >= 11 is 0. The summed E-state index contributed by atoms with van der Waals surface area (Å²) < 4.78 is 5.59. The zero-order valence-electron chi connectivity index (χ0n) is 19.6. The molecule has 0 aliphatic rings. The molecule has 2 amide bonds. The number of aliphatic carboxylic acids is 1. The molecule has 180 valence electrons. The maximum absolute atomic E-state index is 12.5. The standard InChI is InChI=1S/C24H29N5O5/c1-5-16(6-2)26-21(30)18-11-17(28-29-18)14-8-7-9-15(10-14)23-25-12-19(34-23)22(31)27-20(13(3)4)24(32)33/h7-13,16,20H,5-6H2,1-4H3,(H,26,30)(H,27,31)(H,28,29)(H,32,33). The van der Waals surface area contributed by atoms with E-state index in [0.29, 0.717) is 17.0 Å². The molecule has 0 saturated carbocycles. The van der Waals surface area contributed by atoms with E-state index in [2.05, 4.69) is 25.8 Å². The Bertz CT molecular complexity index is 1160. The van der Waals surface area contributed by atoms with Crippen molar-refractivity contribution in [3.05, 3.63) is 48.0 Å². The van der Waals surface area contributed by atoms with Crippen LogP contribution >= 0.6 is 0 Å². The molecule has 4 N–H and O–H groups in total. The molecule has 2 heterocycles. The normalized spacial score (nSPS) is 12.1. The molecule has 3 aromatic rings. The first-order chi connectivity index (χ1) is 16.2. The monoisotopic (exact) mass is 467 g/mol. The lowest BCUT2D eigenvalue weighted by Gasteiger charge is -2.16. The van der Waals surface area contributed by atoms with E-state index in [1.54, 1.807) is 38.1 Å². The highest BCUT2D eigenvalue weighted by Crippen LogP contribution is 2.26. The van der Waals surface area contributed by atoms with E-state index in [0.717, 1.165) is 18.4 Å². The van der Waals surface area contributed by atoms with Gasteiger partial charge < -0.3 is 20.2 Å². The number of benzene rings is 1. The minimum atomic E-state index is -1.12. The summed E-state index contributed by atoms with van der Waals surface area (Å²) in [7, 11) is 0. The van der Waals surface area contributed by atoms with Crippen molar-refractivity contribution in [2.45, 2.75) is 52.6 Å². The maximum atomic E-state index is 12.5. The highest BCUT2D eigenvalue weighted by Gasteiger charge is 2.26. The summed E-state index contributed by atoms with van der Waals surface area (Å²) in [4.78, 5) is 40.4. The predicted molar refractivity (Wildman–Crippen MR) is 125 cm³/mol. The van der Waals surface area contributed by atoms with Gasteiger partial charge in [0.1, 0.15) is 11.7 Å². The third-order valence-corrected chi connectivity index (χ3v) is 5.50. The maximum Gasteiger partial charge on any atom is 0.326 e. The van der Waals surface area contributed by atoms with Crippen LogP contribution in [-0.2, 0) is 4.79 Å². The van der Waals surface area contributed by atoms with Crippen molar-refractivity contribution >= 4 is 17.8 Å². The van der Waals surface area contributed by atoms with E-state index in [4.69, 9.17) is 4.42 Å². The van der Waals surface area contributed by atoms with Crippen molar-refractivity contribution in [1.29, 1.82) is 0 Å². The van der Waals surface area contributed by atoms with Crippen LogP contribution in [0.1, 0.15) is 61.6 Å². The topological polar surface area (TPSA) is 150 Å². The molecule has 0 aliphatic carbocycles. The zero-order valence-corrected chi connectivity index (χ0v) is 19.6. The number of carboxylic acids is 1. The average molecular weight is 468 g/mol. The third kappa shape index (κ3) is 5.69. The molecule has 34 heavy (non-hydrogen) atoms. The van der Waals surface area contributed by atoms with Crippen molar-refractivity contribution in [3.63, 3.8) is 0 Å². The Balaban J connectivity index is 1.76. The fourth-order valence-corrected chi connectivity index (χ4v) is 3.39. The largest absolute Gasteiger partial charge is 0.480 e. The lowest BCUT2D eigenvalue weighted by molar-refractivity contribution is -0.140. The predicted octanol–water partition coefficient (Wildman–Crippen LogP) is 3.49. The molecule has 3 rings (SSSR count). The Kier molecular flexibility index (Phi) is 7.83. The quantitative estimate of drug-likeness (QED) is 0.356. The Morgan fingerprint density at radius 3 is 2.41 bits per heavy atom. The van der Waals surface area contributed by atoms with Gasteiger partial charge in [-0.15, -0.1) is 0 Å². The summed E-state index contributed by atoms with van der Waals surface area (Å²) in [5.41, 5.74) is 2.26. The van der Waals surface area contributed by atoms with Gasteiger partial charge in [0.25, 0.3) is 11.8 Å². The first-order valence-corrected chi connectivity index (χ1v) is 11.2. The number of hydrogen-bond donors (Lipinski definition) is 4. The lowest BCUT2D eigenvalue weighted by Crippen LogP contribution is -2.44. The van der Waals surface area contributed by atoms with Gasteiger partial charge in [-0.2, -0.15) is 5.10 Å². The Morgan fingerprint density at radius 2 is 1.76 bits per heavy atom. The van der Waals surface area contributed by atoms with Crippen LogP contribution in [0.4, 0.5) is 0 Å². The molecule has 1 aromatic carbocycles. The molecular weight excluding hydrogens is 438 g/mol. The molecule has 0 radical (unpaired) electrons. The molecule has 2 aromatic heterocycles. The van der Waals surface area contributed by atoms with Gasteiger partial charge in [0, 0.05) is 17.2 Å². The van der Waals surface area contributed by atoms with E-state index in [1.165, 1.54) is 6.20 Å². The first kappa shape index (κ1) is 24.7. The zero-order chi connectivity index (χ0) is 24.8. The summed E-state index contributed by atoms with van der Waals surface area (Å²) in [5, 5.41) is 21.7. The van der Waals surface area contributed by atoms with Crippen molar-refractivity contribution in [1.82, 2.24) is 25.8 Å². The van der Waals surface area contributed by atoms with E-state index >= 15 is 0 Å². The van der Waals surface area contributed by atoms with Crippen LogP contribution in [0, 0.1) is 5.92 Å². The molecule has 0 spiro atoms. The van der Waals surface area contributed by atoms with Gasteiger partial charge >= 0.3 is 5.97 Å². The number of carbonyl (C=O) groups excluding carboxylic acids is 2. The van der Waals surface area contributed by atoms with Crippen molar-refractivity contribution in [2.24, 2.45) is 5.92 Å². The molecular formula is C24H29N5O5. The van der Waals surface area contributed by atoms with Gasteiger partial charge in [-0.25, -0.2) is 9.78 Å². The molecule has 10 heteroatoms. The minimum absolute atomic E-state index is 0.0903. The van der Waals surface area contributed by atoms with Crippen LogP contribution in [0.3, 0.4) is 0 Å². The number of oxazole rings is 1. The average Bonchev–Trinajstić information content (AvgIpc) is 3.51. The van der Waals surface area contributed by atoms with Gasteiger partial charge in [-0.1, -0.05) is 39.8 Å². The highest BCUT2D eigenvalue weighted by atomic mass is 16.4. The minimum Gasteiger partial charge on any atom is -0.480 e. The number of hydrogen-bond acceptors (Lipinski definition) is 6. The fraction of sp³-hybridized carbons (Fsp3) is 0.375. The summed E-state index contributed by atoms with van der Waals surface area (Å²) in [6, 6.07) is 7.89. The number of nitrogens with one attached hydrogen (secondary N) is 3. The van der Waals surface area contributed by atoms with Gasteiger partial charge in [-0.3, -0.25) is 14.7 Å². The summed E-state index contributed by atoms with van der Waals surface area (Å²) in [6.07, 6.45) is 2.94. The van der Waals surface area contributed by atoms with Crippen LogP contribution in [-0.4, -0.2) is 50.2 Å². The van der Waals surface area contributed by atoms with Crippen molar-refractivity contribution in [2.75, 3.05) is 0 Å². The second-order valence-electron chi connectivity index (χ2n) is 8.30. The van der Waals surface area contributed by atoms with E-state index in [1.807, 2.05) is 19.9 Å². The van der Waals surface area contributed by atoms with Gasteiger partial charge in [-0.05, 0) is 37.0 Å². The molecule has 1 unspecified atom stereocenters. The first-order valence-electron chi connectivity index (χ1n) is 11.2. The van der Waals surface area contributed by atoms with Gasteiger partial charge in [0.15, 0.2) is 0 Å². The number of nitrogens with zero attached hydrogens (tertiary/aromatic N) is 2. The van der Waals surface area contributed by atoms with Gasteiger partial charge in [0.05, 0.1) is 11.9 Å². The van der Waals surface area contributed by atoms with Gasteiger partial charge in [0.2, 0.25) is 11.7 Å². The Labute approximate surface area is 197 Å². The SMILES string of the molecule is CCC(CC)NC(=O)c1cc(-c2cccc(-c3ncc(C(=O)NC(C(=O)O)C(C)C)o3)c2)n[nH]1. The van der Waals surface area contributed by atoms with Crippen LogP contribution in [0.25, 0.3) is 22.7 Å². The molecule has 0 aliphatic heterocycles. The number of H-pyrrole nitrogens is 1. The second-order valence-corrected chi connectivity index (χ2v) is 8.30. The van der Waals surface area contributed by atoms with Crippen LogP contribution in [0.2, 0.25) is 0 Å². The van der Waals surface area contributed by atoms with E-state index in [-0.39, 0.29) is 29.5 Å². The summed E-state index contributed by atoms with van der Waals surface area (Å²) in [6.45, 7) is 7.44. The Hall–Kier alpha value is -3.95. The number of aromatic amines is 1. The third-order valence-electron chi connectivity index (χ3n) is 5.50. The number of amides is 2. The Morgan fingerprint density at radius 1 is 1.06 bits per heavy atom. The molecule has 1 atom stereocenters. The number of rotatable bonds is 10. The lowest BCUT2D eigenvalue weighted by atomic mass is 10.0. The van der Waals surface area contributed by atoms with Crippen LogP contribution < -0.4 is 10.6 Å². The molecule has 0 fully saturated rings.